The highest BCUT2D eigenvalue weighted by Gasteiger charge is 2.16. The normalized spacial score (nSPS) is 15.7. The van der Waals surface area contributed by atoms with E-state index in [0.29, 0.717) is 35.6 Å². The zero-order chi connectivity index (χ0) is 16.5. The quantitative estimate of drug-likeness (QED) is 0.451. The number of ether oxygens (including phenoxy) is 2. The first-order chi connectivity index (χ1) is 11.2. The molecule has 0 aliphatic carbocycles. The summed E-state index contributed by atoms with van der Waals surface area (Å²) in [6.07, 6.45) is 4.89. The fourth-order valence-electron chi connectivity index (χ4n) is 1.66. The van der Waals surface area contributed by atoms with Gasteiger partial charge in [0.2, 0.25) is 5.91 Å². The first kappa shape index (κ1) is 16.8. The predicted molar refractivity (Wildman–Crippen MR) is 93.5 cm³/mol. The Hall–Kier alpha value is -2.54. The molecule has 23 heavy (non-hydrogen) atoms. The minimum atomic E-state index is -0.0670. The van der Waals surface area contributed by atoms with Gasteiger partial charge in [-0.15, -0.1) is 5.10 Å². The summed E-state index contributed by atoms with van der Waals surface area (Å²) >= 11 is 1.32. The maximum Gasteiger partial charge on any atom is 0.236 e. The van der Waals surface area contributed by atoms with Gasteiger partial charge < -0.3 is 14.8 Å². The van der Waals surface area contributed by atoms with Crippen LogP contribution in [0.2, 0.25) is 0 Å². The van der Waals surface area contributed by atoms with Gasteiger partial charge in [0, 0.05) is 11.6 Å². The molecule has 1 aromatic carbocycles. The van der Waals surface area contributed by atoms with Crippen LogP contribution in [-0.2, 0) is 4.79 Å². The molecule has 1 aliphatic rings. The summed E-state index contributed by atoms with van der Waals surface area (Å²) in [5, 5.41) is 11.0. The molecule has 120 valence electrons. The van der Waals surface area contributed by atoms with Gasteiger partial charge in [0.1, 0.15) is 24.7 Å². The molecule has 2 rings (SSSR count). The van der Waals surface area contributed by atoms with Crippen molar-refractivity contribution in [3.05, 3.63) is 49.1 Å². The summed E-state index contributed by atoms with van der Waals surface area (Å²) in [4.78, 5) is 11.1. The lowest BCUT2D eigenvalue weighted by Gasteiger charge is -2.10. The van der Waals surface area contributed by atoms with Gasteiger partial charge in [0.25, 0.3) is 0 Å². The molecule has 6 nitrogen and oxygen atoms in total. The van der Waals surface area contributed by atoms with E-state index >= 15 is 0 Å². The monoisotopic (exact) mass is 331 g/mol. The van der Waals surface area contributed by atoms with Crippen molar-refractivity contribution in [3.63, 3.8) is 0 Å². The first-order valence-corrected chi connectivity index (χ1v) is 7.86. The lowest BCUT2D eigenvalue weighted by Crippen LogP contribution is -2.19. The van der Waals surface area contributed by atoms with E-state index in [1.165, 1.54) is 11.8 Å². The molecule has 0 aromatic heterocycles. The van der Waals surface area contributed by atoms with Crippen molar-refractivity contribution in [2.45, 2.75) is 0 Å². The largest absolute Gasteiger partial charge is 0.489 e. The van der Waals surface area contributed by atoms with Crippen LogP contribution in [-0.4, -0.2) is 36.3 Å². The third kappa shape index (κ3) is 5.30. The number of benzene rings is 1. The summed E-state index contributed by atoms with van der Waals surface area (Å²) in [6.45, 7) is 8.03. The minimum absolute atomic E-state index is 0.0670. The summed E-state index contributed by atoms with van der Waals surface area (Å²) in [5.41, 5.74) is 0.747. The van der Waals surface area contributed by atoms with Gasteiger partial charge in [-0.25, -0.2) is 0 Å². The Morgan fingerprint density at radius 3 is 2.74 bits per heavy atom. The molecule has 1 N–H and O–H groups in total. The molecule has 1 aromatic rings. The van der Waals surface area contributed by atoms with E-state index in [0.717, 1.165) is 5.56 Å². The second-order valence-corrected chi connectivity index (χ2v) is 5.35. The fourth-order valence-corrected chi connectivity index (χ4v) is 2.29. The van der Waals surface area contributed by atoms with E-state index in [2.05, 4.69) is 28.7 Å². The number of hydrogen-bond acceptors (Lipinski definition) is 6. The van der Waals surface area contributed by atoms with E-state index in [1.807, 2.05) is 12.1 Å². The summed E-state index contributed by atoms with van der Waals surface area (Å²) in [5.74, 6) is 1.59. The van der Waals surface area contributed by atoms with E-state index in [-0.39, 0.29) is 5.91 Å². The molecule has 0 saturated carbocycles. The summed E-state index contributed by atoms with van der Waals surface area (Å²) in [6, 6.07) is 5.40. The van der Waals surface area contributed by atoms with Crippen molar-refractivity contribution < 1.29 is 14.3 Å². The van der Waals surface area contributed by atoms with Crippen molar-refractivity contribution in [2.75, 3.05) is 19.0 Å². The Labute approximate surface area is 139 Å². The molecule has 0 spiro atoms. The Morgan fingerprint density at radius 2 is 2.04 bits per heavy atom. The lowest BCUT2D eigenvalue weighted by atomic mass is 10.2. The van der Waals surface area contributed by atoms with Crippen LogP contribution in [0.15, 0.2) is 53.7 Å². The fraction of sp³-hybridized carbons (Fsp3) is 0.188. The van der Waals surface area contributed by atoms with Gasteiger partial charge in [-0.1, -0.05) is 37.1 Å². The summed E-state index contributed by atoms with van der Waals surface area (Å²) < 4.78 is 11.1. The van der Waals surface area contributed by atoms with Gasteiger partial charge >= 0.3 is 0 Å². The number of carbonyl (C=O) groups is 1. The molecule has 0 bridgehead atoms. The topological polar surface area (TPSA) is 72.3 Å². The minimum Gasteiger partial charge on any atom is -0.489 e. The third-order valence-electron chi connectivity index (χ3n) is 2.64. The Balaban J connectivity index is 2.13. The second kappa shape index (κ2) is 8.79. The lowest BCUT2D eigenvalue weighted by molar-refractivity contribution is -0.116. The highest BCUT2D eigenvalue weighted by atomic mass is 32.2. The maximum absolute atomic E-state index is 11.1. The second-order valence-electron chi connectivity index (χ2n) is 4.39. The molecule has 0 unspecified atom stereocenters. The number of amides is 1. The van der Waals surface area contributed by atoms with Crippen molar-refractivity contribution >= 4 is 29.1 Å². The number of rotatable bonds is 8. The van der Waals surface area contributed by atoms with E-state index in [9.17, 15) is 4.79 Å². The van der Waals surface area contributed by atoms with Crippen molar-refractivity contribution in [3.8, 4) is 11.5 Å². The van der Waals surface area contributed by atoms with Crippen LogP contribution in [0.25, 0.3) is 0 Å². The zero-order valence-electron chi connectivity index (χ0n) is 12.5. The molecule has 0 radical (unpaired) electrons. The number of thioether (sulfide) groups is 1. The van der Waals surface area contributed by atoms with Crippen LogP contribution in [0.4, 0.5) is 0 Å². The van der Waals surface area contributed by atoms with Crippen LogP contribution in [0.5, 0.6) is 11.5 Å². The maximum atomic E-state index is 11.1. The predicted octanol–water partition coefficient (Wildman–Crippen LogP) is 2.37. The van der Waals surface area contributed by atoms with Gasteiger partial charge in [0.05, 0.1) is 12.0 Å². The highest BCUT2D eigenvalue weighted by Crippen LogP contribution is 2.24. The number of nitrogens with one attached hydrogen (secondary N) is 1. The molecule has 1 heterocycles. The Bertz CT molecular complexity index is 656. The summed E-state index contributed by atoms with van der Waals surface area (Å²) in [7, 11) is 0. The highest BCUT2D eigenvalue weighted by molar-refractivity contribution is 8.15. The average Bonchev–Trinajstić information content (AvgIpc) is 2.97. The molecule has 1 aliphatic heterocycles. The van der Waals surface area contributed by atoms with Crippen LogP contribution in [0.1, 0.15) is 5.56 Å². The van der Waals surface area contributed by atoms with Crippen molar-refractivity contribution in [1.29, 1.82) is 0 Å². The molecule has 0 atom stereocenters. The van der Waals surface area contributed by atoms with Gasteiger partial charge in [-0.05, 0) is 12.1 Å². The number of amidine groups is 1. The SMILES string of the molecule is C=CCOc1ccc(C=NN=C2NC(=O)CS2)c(OCC=C)c1. The molecule has 1 amide bonds. The molecular weight excluding hydrogens is 314 g/mol. The molecule has 1 saturated heterocycles. The first-order valence-electron chi connectivity index (χ1n) is 6.88. The van der Waals surface area contributed by atoms with Crippen molar-refractivity contribution in [2.24, 2.45) is 10.2 Å². The molecule has 1 fully saturated rings. The Kier molecular flexibility index (Phi) is 6.43. The van der Waals surface area contributed by atoms with E-state index in [4.69, 9.17) is 9.47 Å². The van der Waals surface area contributed by atoms with E-state index in [1.54, 1.807) is 24.4 Å². The Morgan fingerprint density at radius 1 is 1.26 bits per heavy atom. The van der Waals surface area contributed by atoms with Crippen molar-refractivity contribution in [1.82, 2.24) is 5.32 Å². The number of nitrogens with zero attached hydrogens (tertiary/aromatic N) is 2. The zero-order valence-corrected chi connectivity index (χ0v) is 13.3. The third-order valence-corrected chi connectivity index (χ3v) is 3.50. The van der Waals surface area contributed by atoms with Gasteiger partial charge in [-0.3, -0.25) is 4.79 Å². The van der Waals surface area contributed by atoms with Crippen LogP contribution in [0, 0.1) is 0 Å². The van der Waals surface area contributed by atoms with Crippen LogP contribution < -0.4 is 14.8 Å². The van der Waals surface area contributed by atoms with Crippen LogP contribution >= 0.6 is 11.8 Å². The van der Waals surface area contributed by atoms with E-state index < -0.39 is 0 Å². The van der Waals surface area contributed by atoms with Gasteiger partial charge in [-0.2, -0.15) is 5.10 Å². The number of carbonyl (C=O) groups excluding carboxylic acids is 1. The molecule has 7 heteroatoms. The van der Waals surface area contributed by atoms with Crippen LogP contribution in [0.3, 0.4) is 0 Å². The average molecular weight is 331 g/mol. The number of hydrogen-bond donors (Lipinski definition) is 1. The standard InChI is InChI=1S/C16H17N3O3S/c1-3-7-21-13-6-5-12(14(9-13)22-8-4-2)10-17-19-16-18-15(20)11-23-16/h3-6,9-10H,1-2,7-8,11H2,(H,18,19,20). The smallest absolute Gasteiger partial charge is 0.236 e. The van der Waals surface area contributed by atoms with Gasteiger partial charge in [0.15, 0.2) is 5.17 Å². The molecular formula is C16H17N3O3S.